The molecule has 1 heterocycles. The molecule has 0 aliphatic carbocycles. The Balaban J connectivity index is 2.60. The van der Waals surface area contributed by atoms with Crippen LogP contribution < -0.4 is 0 Å². The molecule has 0 bridgehead atoms. The normalized spacial score (nSPS) is 12.2. The van der Waals surface area contributed by atoms with E-state index >= 15 is 0 Å². The Kier molecular flexibility index (Phi) is 1.73. The zero-order valence-corrected chi connectivity index (χ0v) is 7.15. The summed E-state index contributed by atoms with van der Waals surface area (Å²) in [4.78, 5) is 0. The van der Waals surface area contributed by atoms with E-state index in [1.165, 1.54) is 0 Å². The average Bonchev–Trinajstić information content (AvgIpc) is 2.63. The number of aromatic amines is 1. The molecule has 4 nitrogen and oxygen atoms in total. The predicted molar refractivity (Wildman–Crippen MR) is 50.1 cm³/mol. The van der Waals surface area contributed by atoms with E-state index in [0.717, 1.165) is 16.5 Å². The van der Waals surface area contributed by atoms with Gasteiger partial charge >= 0.3 is 0 Å². The van der Waals surface area contributed by atoms with E-state index in [1.807, 2.05) is 18.2 Å². The Labute approximate surface area is 74.9 Å². The van der Waals surface area contributed by atoms with Gasteiger partial charge in [-0.15, -0.1) is 0 Å². The van der Waals surface area contributed by atoms with Crippen molar-refractivity contribution in [3.05, 3.63) is 30.0 Å². The third-order valence-corrected chi connectivity index (χ3v) is 2.01. The Bertz CT molecular complexity index is 459. The number of aromatic nitrogens is 2. The molecule has 0 saturated carbocycles. The Hall–Kier alpha value is -1.84. The minimum atomic E-state index is 0.600. The first-order valence-electron chi connectivity index (χ1n) is 3.93. The van der Waals surface area contributed by atoms with Crippen LogP contribution >= 0.6 is 0 Å². The number of rotatable bonds is 1. The summed E-state index contributed by atoms with van der Waals surface area (Å²) >= 11 is 0. The summed E-state index contributed by atoms with van der Waals surface area (Å²) in [5.41, 5.74) is 2.48. The van der Waals surface area contributed by atoms with Crippen LogP contribution in [0.5, 0.6) is 0 Å². The summed E-state index contributed by atoms with van der Waals surface area (Å²) in [6.07, 6.45) is 1.74. The van der Waals surface area contributed by atoms with Crippen molar-refractivity contribution in [3.8, 4) is 0 Å². The number of fused-ring (bicyclic) bond motifs is 1. The minimum absolute atomic E-state index is 0.600. The monoisotopic (exact) mass is 175 g/mol. The number of benzene rings is 1. The van der Waals surface area contributed by atoms with E-state index in [0.29, 0.717) is 5.71 Å². The van der Waals surface area contributed by atoms with Crippen molar-refractivity contribution in [3.63, 3.8) is 0 Å². The quantitative estimate of drug-likeness (QED) is 0.394. The van der Waals surface area contributed by atoms with Gasteiger partial charge in [0.25, 0.3) is 0 Å². The maximum Gasteiger partial charge on any atom is 0.0837 e. The van der Waals surface area contributed by atoms with Crippen molar-refractivity contribution in [1.29, 1.82) is 0 Å². The topological polar surface area (TPSA) is 61.3 Å². The first kappa shape index (κ1) is 7.79. The summed E-state index contributed by atoms with van der Waals surface area (Å²) in [5, 5.41) is 19.5. The highest BCUT2D eigenvalue weighted by atomic mass is 16.4. The molecule has 1 aromatic heterocycles. The van der Waals surface area contributed by atoms with Gasteiger partial charge in [0.1, 0.15) is 0 Å². The molecule has 0 amide bonds. The Morgan fingerprint density at radius 3 is 3.15 bits per heavy atom. The first-order chi connectivity index (χ1) is 6.31. The standard InChI is InChI=1S/C9H9N3O/c1-6(12-13)7-2-3-9-8(4-7)5-10-11-9/h2-5,13H,1H3,(H,10,11)/b12-6+. The summed E-state index contributed by atoms with van der Waals surface area (Å²) in [6.45, 7) is 1.75. The molecule has 13 heavy (non-hydrogen) atoms. The number of H-pyrrole nitrogens is 1. The molecule has 4 heteroatoms. The lowest BCUT2D eigenvalue weighted by Gasteiger charge is -1.97. The largest absolute Gasteiger partial charge is 0.411 e. The maximum absolute atomic E-state index is 8.58. The fourth-order valence-corrected chi connectivity index (χ4v) is 1.23. The molecule has 66 valence electrons. The van der Waals surface area contributed by atoms with Crippen LogP contribution in [-0.4, -0.2) is 21.1 Å². The number of oxime groups is 1. The average molecular weight is 175 g/mol. The molecule has 0 aliphatic heterocycles. The van der Waals surface area contributed by atoms with Crippen molar-refractivity contribution < 1.29 is 5.21 Å². The Morgan fingerprint density at radius 1 is 1.54 bits per heavy atom. The van der Waals surface area contributed by atoms with Crippen molar-refractivity contribution in [1.82, 2.24) is 10.2 Å². The molecule has 0 spiro atoms. The summed E-state index contributed by atoms with van der Waals surface area (Å²) in [5.74, 6) is 0. The molecule has 2 N–H and O–H groups in total. The van der Waals surface area contributed by atoms with Gasteiger partial charge in [-0.1, -0.05) is 11.2 Å². The molecule has 0 aliphatic rings. The van der Waals surface area contributed by atoms with E-state index in [-0.39, 0.29) is 0 Å². The molecule has 2 aromatic rings. The third kappa shape index (κ3) is 1.26. The summed E-state index contributed by atoms with van der Waals surface area (Å²) < 4.78 is 0. The van der Waals surface area contributed by atoms with Crippen LogP contribution in [0.2, 0.25) is 0 Å². The fraction of sp³-hybridized carbons (Fsp3) is 0.111. The highest BCUT2D eigenvalue weighted by molar-refractivity contribution is 6.01. The molecule has 0 fully saturated rings. The highest BCUT2D eigenvalue weighted by Crippen LogP contribution is 2.13. The fourth-order valence-electron chi connectivity index (χ4n) is 1.23. The van der Waals surface area contributed by atoms with Crippen molar-refractivity contribution >= 4 is 16.6 Å². The van der Waals surface area contributed by atoms with Gasteiger partial charge in [-0.2, -0.15) is 5.10 Å². The van der Waals surface area contributed by atoms with Crippen molar-refractivity contribution in [2.24, 2.45) is 5.16 Å². The van der Waals surface area contributed by atoms with Gasteiger partial charge < -0.3 is 5.21 Å². The van der Waals surface area contributed by atoms with E-state index in [2.05, 4.69) is 15.4 Å². The number of nitrogens with zero attached hydrogens (tertiary/aromatic N) is 2. The zero-order valence-electron chi connectivity index (χ0n) is 7.15. The first-order valence-corrected chi connectivity index (χ1v) is 3.93. The van der Waals surface area contributed by atoms with Crippen LogP contribution in [0.25, 0.3) is 10.9 Å². The second-order valence-corrected chi connectivity index (χ2v) is 2.86. The van der Waals surface area contributed by atoms with Gasteiger partial charge in [-0.3, -0.25) is 5.10 Å². The van der Waals surface area contributed by atoms with Crippen LogP contribution in [0.1, 0.15) is 12.5 Å². The molecule has 1 aromatic carbocycles. The van der Waals surface area contributed by atoms with Crippen molar-refractivity contribution in [2.75, 3.05) is 0 Å². The number of nitrogens with one attached hydrogen (secondary N) is 1. The van der Waals surface area contributed by atoms with Gasteiger partial charge in [-0.05, 0) is 24.6 Å². The number of hydrogen-bond acceptors (Lipinski definition) is 3. The van der Waals surface area contributed by atoms with E-state index < -0.39 is 0 Å². The van der Waals surface area contributed by atoms with E-state index in [1.54, 1.807) is 13.1 Å². The molecule has 0 saturated heterocycles. The smallest absolute Gasteiger partial charge is 0.0837 e. The minimum Gasteiger partial charge on any atom is -0.411 e. The second-order valence-electron chi connectivity index (χ2n) is 2.86. The third-order valence-electron chi connectivity index (χ3n) is 2.01. The van der Waals surface area contributed by atoms with Crippen LogP contribution in [0, 0.1) is 0 Å². The molecule has 0 unspecified atom stereocenters. The lowest BCUT2D eigenvalue weighted by Crippen LogP contribution is -1.93. The summed E-state index contributed by atoms with van der Waals surface area (Å²) in [7, 11) is 0. The van der Waals surface area contributed by atoms with Crippen molar-refractivity contribution in [2.45, 2.75) is 6.92 Å². The number of hydrogen-bond donors (Lipinski definition) is 2. The predicted octanol–water partition coefficient (Wildman–Crippen LogP) is 1.76. The van der Waals surface area contributed by atoms with E-state index in [9.17, 15) is 0 Å². The van der Waals surface area contributed by atoms with Gasteiger partial charge in [0.05, 0.1) is 17.4 Å². The van der Waals surface area contributed by atoms with Gasteiger partial charge in [0, 0.05) is 5.39 Å². The summed E-state index contributed by atoms with van der Waals surface area (Å²) in [6, 6.07) is 5.72. The van der Waals surface area contributed by atoms with Gasteiger partial charge in [0.2, 0.25) is 0 Å². The van der Waals surface area contributed by atoms with Crippen LogP contribution in [0.3, 0.4) is 0 Å². The SMILES string of the molecule is C/C(=N\O)c1ccc2[nH]ncc2c1. The zero-order chi connectivity index (χ0) is 9.26. The lowest BCUT2D eigenvalue weighted by molar-refractivity contribution is 0.319. The van der Waals surface area contributed by atoms with Gasteiger partial charge in [0.15, 0.2) is 0 Å². The van der Waals surface area contributed by atoms with Crippen LogP contribution in [0.15, 0.2) is 29.6 Å². The second kappa shape index (κ2) is 2.90. The van der Waals surface area contributed by atoms with Gasteiger partial charge in [-0.25, -0.2) is 0 Å². The highest BCUT2D eigenvalue weighted by Gasteiger charge is 2.00. The molecule has 0 atom stereocenters. The van der Waals surface area contributed by atoms with Crippen LogP contribution in [-0.2, 0) is 0 Å². The van der Waals surface area contributed by atoms with E-state index in [4.69, 9.17) is 5.21 Å². The Morgan fingerprint density at radius 2 is 2.38 bits per heavy atom. The lowest BCUT2D eigenvalue weighted by atomic mass is 10.1. The maximum atomic E-state index is 8.58. The molecule has 0 radical (unpaired) electrons. The van der Waals surface area contributed by atoms with Crippen LogP contribution in [0.4, 0.5) is 0 Å². The molecular weight excluding hydrogens is 166 g/mol. The molecular formula is C9H9N3O. The molecule has 2 rings (SSSR count).